The van der Waals surface area contributed by atoms with Crippen molar-refractivity contribution >= 4 is 39.1 Å². The van der Waals surface area contributed by atoms with Crippen molar-refractivity contribution in [1.82, 2.24) is 0 Å². The van der Waals surface area contributed by atoms with Crippen molar-refractivity contribution in [3.8, 4) is 0 Å². The summed E-state index contributed by atoms with van der Waals surface area (Å²) >= 11 is 15.8. The van der Waals surface area contributed by atoms with E-state index in [1.54, 1.807) is 6.07 Å². The first-order chi connectivity index (χ1) is 9.16. The van der Waals surface area contributed by atoms with E-state index in [0.717, 1.165) is 24.3 Å². The number of hydrogen-bond acceptors (Lipinski definition) is 0. The molecular weight excluding hydrogens is 343 g/mol. The SMILES string of the molecule is Clc1ccc(CCCC(Br)c2ccccc2)c(Cl)c1. The van der Waals surface area contributed by atoms with Gasteiger partial charge in [0.15, 0.2) is 0 Å². The minimum absolute atomic E-state index is 0.403. The third-order valence-corrected chi connectivity index (χ3v) is 4.65. The number of hydrogen-bond donors (Lipinski definition) is 0. The predicted molar refractivity (Wildman–Crippen MR) is 87.5 cm³/mol. The molecule has 0 radical (unpaired) electrons. The molecular formula is C16H15BrCl2. The van der Waals surface area contributed by atoms with Crippen LogP contribution in [0.4, 0.5) is 0 Å². The Morgan fingerprint density at radius 3 is 2.42 bits per heavy atom. The van der Waals surface area contributed by atoms with Gasteiger partial charge in [0, 0.05) is 14.9 Å². The largest absolute Gasteiger partial charge is 0.0843 e. The highest BCUT2D eigenvalue weighted by Crippen LogP contribution is 2.29. The maximum atomic E-state index is 6.17. The van der Waals surface area contributed by atoms with Gasteiger partial charge in [-0.3, -0.25) is 0 Å². The highest BCUT2D eigenvalue weighted by Gasteiger charge is 2.07. The summed E-state index contributed by atoms with van der Waals surface area (Å²) in [4.78, 5) is 0.403. The molecule has 2 aromatic rings. The van der Waals surface area contributed by atoms with Gasteiger partial charge in [0.1, 0.15) is 0 Å². The Morgan fingerprint density at radius 1 is 1.00 bits per heavy atom. The summed E-state index contributed by atoms with van der Waals surface area (Å²) in [6.45, 7) is 0. The van der Waals surface area contributed by atoms with Crippen LogP contribution in [0.1, 0.15) is 28.8 Å². The highest BCUT2D eigenvalue weighted by molar-refractivity contribution is 9.09. The zero-order valence-corrected chi connectivity index (χ0v) is 13.5. The molecule has 0 aliphatic carbocycles. The van der Waals surface area contributed by atoms with Gasteiger partial charge in [-0.05, 0) is 42.5 Å². The second kappa shape index (κ2) is 7.33. The van der Waals surface area contributed by atoms with E-state index < -0.39 is 0 Å². The van der Waals surface area contributed by atoms with Crippen LogP contribution in [0, 0.1) is 0 Å². The fourth-order valence-electron chi connectivity index (χ4n) is 2.02. The second-order valence-electron chi connectivity index (χ2n) is 4.51. The topological polar surface area (TPSA) is 0 Å². The summed E-state index contributed by atoms with van der Waals surface area (Å²) in [5.74, 6) is 0. The van der Waals surface area contributed by atoms with Crippen LogP contribution < -0.4 is 0 Å². The molecule has 1 atom stereocenters. The lowest BCUT2D eigenvalue weighted by Crippen LogP contribution is -1.93. The van der Waals surface area contributed by atoms with Gasteiger partial charge in [-0.25, -0.2) is 0 Å². The van der Waals surface area contributed by atoms with E-state index in [2.05, 4.69) is 40.2 Å². The molecule has 0 saturated carbocycles. The molecule has 19 heavy (non-hydrogen) atoms. The Labute approximate surface area is 132 Å². The standard InChI is InChI=1S/C16H15BrCl2/c17-15(12-5-2-1-3-6-12)8-4-7-13-9-10-14(18)11-16(13)19/h1-3,5-6,9-11,15H,4,7-8H2. The summed E-state index contributed by atoms with van der Waals surface area (Å²) in [5.41, 5.74) is 2.49. The molecule has 0 aliphatic rings. The smallest absolute Gasteiger partial charge is 0.0452 e. The number of rotatable bonds is 5. The lowest BCUT2D eigenvalue weighted by molar-refractivity contribution is 0.730. The van der Waals surface area contributed by atoms with Crippen LogP contribution in [0.15, 0.2) is 48.5 Å². The van der Waals surface area contributed by atoms with Gasteiger partial charge in [-0.1, -0.05) is 75.5 Å². The van der Waals surface area contributed by atoms with E-state index in [-0.39, 0.29) is 0 Å². The molecule has 2 rings (SSSR count). The van der Waals surface area contributed by atoms with Crippen molar-refractivity contribution < 1.29 is 0 Å². The molecule has 0 heterocycles. The van der Waals surface area contributed by atoms with Crippen LogP contribution in [0.5, 0.6) is 0 Å². The molecule has 0 nitrogen and oxygen atoms in total. The van der Waals surface area contributed by atoms with Gasteiger partial charge >= 0.3 is 0 Å². The molecule has 0 bridgehead atoms. The van der Waals surface area contributed by atoms with E-state index >= 15 is 0 Å². The van der Waals surface area contributed by atoms with Gasteiger partial charge in [-0.15, -0.1) is 0 Å². The van der Waals surface area contributed by atoms with Crippen molar-refractivity contribution in [2.75, 3.05) is 0 Å². The summed E-state index contributed by atoms with van der Waals surface area (Å²) in [7, 11) is 0. The Hall–Kier alpha value is -0.500. The van der Waals surface area contributed by atoms with Gasteiger partial charge in [0.05, 0.1) is 0 Å². The van der Waals surface area contributed by atoms with Gasteiger partial charge in [0.25, 0.3) is 0 Å². The molecule has 0 aliphatic heterocycles. The van der Waals surface area contributed by atoms with E-state index in [0.29, 0.717) is 9.85 Å². The molecule has 0 saturated heterocycles. The lowest BCUT2D eigenvalue weighted by Gasteiger charge is -2.10. The van der Waals surface area contributed by atoms with Crippen molar-refractivity contribution in [2.24, 2.45) is 0 Å². The quantitative estimate of drug-likeness (QED) is 0.539. The molecule has 2 aromatic carbocycles. The number of alkyl halides is 1. The lowest BCUT2D eigenvalue weighted by atomic mass is 10.0. The average molecular weight is 358 g/mol. The van der Waals surface area contributed by atoms with Crippen LogP contribution in [-0.4, -0.2) is 0 Å². The molecule has 0 spiro atoms. The number of halogens is 3. The van der Waals surface area contributed by atoms with Crippen LogP contribution in [0.25, 0.3) is 0 Å². The third-order valence-electron chi connectivity index (χ3n) is 3.08. The molecule has 0 fully saturated rings. The zero-order valence-electron chi connectivity index (χ0n) is 10.5. The number of aryl methyl sites for hydroxylation is 1. The minimum atomic E-state index is 0.403. The summed E-state index contributed by atoms with van der Waals surface area (Å²) < 4.78 is 0. The van der Waals surface area contributed by atoms with Crippen LogP contribution >= 0.6 is 39.1 Å². The third kappa shape index (κ3) is 4.52. The molecule has 1 unspecified atom stereocenters. The van der Waals surface area contributed by atoms with E-state index in [1.165, 1.54) is 11.1 Å². The zero-order chi connectivity index (χ0) is 13.7. The second-order valence-corrected chi connectivity index (χ2v) is 6.46. The fourth-order valence-corrected chi connectivity index (χ4v) is 3.16. The first-order valence-corrected chi connectivity index (χ1v) is 7.97. The molecule has 100 valence electrons. The first kappa shape index (κ1) is 14.9. The number of benzene rings is 2. The molecule has 0 amide bonds. The molecule has 0 aromatic heterocycles. The van der Waals surface area contributed by atoms with Crippen molar-refractivity contribution in [2.45, 2.75) is 24.1 Å². The monoisotopic (exact) mass is 356 g/mol. The van der Waals surface area contributed by atoms with Gasteiger partial charge in [-0.2, -0.15) is 0 Å². The average Bonchev–Trinajstić information content (AvgIpc) is 2.42. The van der Waals surface area contributed by atoms with Crippen LogP contribution in [-0.2, 0) is 6.42 Å². The van der Waals surface area contributed by atoms with E-state index in [4.69, 9.17) is 23.2 Å². The van der Waals surface area contributed by atoms with Crippen LogP contribution in [0.3, 0.4) is 0 Å². The maximum absolute atomic E-state index is 6.17. The predicted octanol–water partition coefficient (Wildman–Crippen LogP) is 6.45. The normalized spacial score (nSPS) is 12.4. The van der Waals surface area contributed by atoms with Crippen molar-refractivity contribution in [3.05, 3.63) is 69.7 Å². The van der Waals surface area contributed by atoms with E-state index in [1.807, 2.05) is 18.2 Å². The Bertz CT molecular complexity index is 526. The van der Waals surface area contributed by atoms with Gasteiger partial charge in [0.2, 0.25) is 0 Å². The Balaban J connectivity index is 1.86. The first-order valence-electron chi connectivity index (χ1n) is 6.30. The summed E-state index contributed by atoms with van der Waals surface area (Å²) in [6, 6.07) is 16.2. The van der Waals surface area contributed by atoms with Gasteiger partial charge < -0.3 is 0 Å². The van der Waals surface area contributed by atoms with Crippen molar-refractivity contribution in [1.29, 1.82) is 0 Å². The summed E-state index contributed by atoms with van der Waals surface area (Å²) in [5, 5.41) is 1.45. The Kier molecular flexibility index (Phi) is 5.75. The fraction of sp³-hybridized carbons (Fsp3) is 0.250. The molecule has 0 N–H and O–H groups in total. The molecule has 3 heteroatoms. The van der Waals surface area contributed by atoms with E-state index in [9.17, 15) is 0 Å². The summed E-state index contributed by atoms with van der Waals surface area (Å²) in [6.07, 6.45) is 3.15. The van der Waals surface area contributed by atoms with Crippen molar-refractivity contribution in [3.63, 3.8) is 0 Å². The van der Waals surface area contributed by atoms with Crippen LogP contribution in [0.2, 0.25) is 10.0 Å². The maximum Gasteiger partial charge on any atom is 0.0452 e. The minimum Gasteiger partial charge on any atom is -0.0843 e. The highest BCUT2D eigenvalue weighted by atomic mass is 79.9. The Morgan fingerprint density at radius 2 is 1.74 bits per heavy atom.